The van der Waals surface area contributed by atoms with Crippen LogP contribution in [-0.2, 0) is 14.3 Å². The van der Waals surface area contributed by atoms with Crippen molar-refractivity contribution in [1.29, 1.82) is 0 Å². The van der Waals surface area contributed by atoms with Gasteiger partial charge in [0.1, 0.15) is 0 Å². The third-order valence-corrected chi connectivity index (χ3v) is 16.5. The summed E-state index contributed by atoms with van der Waals surface area (Å²) < 4.78 is 5.51. The van der Waals surface area contributed by atoms with E-state index in [4.69, 9.17) is 4.74 Å². The van der Waals surface area contributed by atoms with Gasteiger partial charge in [-0.25, -0.2) is 0 Å². The number of carbonyl (C=O) groups is 2. The summed E-state index contributed by atoms with van der Waals surface area (Å²) in [6.07, 6.45) is 83.8. The molecule has 6 heteroatoms. The van der Waals surface area contributed by atoms with Crippen molar-refractivity contribution in [2.45, 2.75) is 405 Å². The highest BCUT2D eigenvalue weighted by atomic mass is 16.5. The number of allylic oxidation sites excluding steroid dienone is 4. The molecular weight excluding hydrogens is 947 g/mol. The number of hydrogen-bond donors (Lipinski definition) is 3. The van der Waals surface area contributed by atoms with Crippen molar-refractivity contribution in [3.8, 4) is 0 Å². The molecule has 2 unspecified atom stereocenters. The van der Waals surface area contributed by atoms with Gasteiger partial charge in [0, 0.05) is 12.8 Å². The summed E-state index contributed by atoms with van der Waals surface area (Å²) in [4.78, 5) is 24.6. The van der Waals surface area contributed by atoms with Crippen LogP contribution in [-0.4, -0.2) is 47.4 Å². The van der Waals surface area contributed by atoms with Gasteiger partial charge in [-0.3, -0.25) is 9.59 Å². The number of aliphatic hydroxyl groups excluding tert-OH is 2. The molecule has 0 bridgehead atoms. The van der Waals surface area contributed by atoms with Crippen LogP contribution in [0.5, 0.6) is 0 Å². The molecule has 0 heterocycles. The lowest BCUT2D eigenvalue weighted by Gasteiger charge is -2.22. The standard InChI is InChI=1S/C71H137NO5/c1-3-5-7-9-11-13-15-16-17-18-35-38-41-45-49-53-57-61-65-71(76)77-66-62-58-54-50-46-42-39-36-33-31-29-27-25-23-21-19-20-22-24-26-28-30-32-34-37-40-44-48-52-56-60-64-70(75)72-68(67-73)69(74)63-59-55-51-47-43-14-12-10-8-6-4-2/h21,23,27,29,68-69,73-74H,3-20,22,24-26,28,30-67H2,1-2H3,(H,72,75)/b23-21-,29-27-. The molecule has 0 spiro atoms. The molecule has 3 N–H and O–H groups in total. The number of nitrogens with one attached hydrogen (secondary N) is 1. The maximum atomic E-state index is 12.5. The highest BCUT2D eigenvalue weighted by Crippen LogP contribution is 2.19. The van der Waals surface area contributed by atoms with Crippen molar-refractivity contribution in [3.63, 3.8) is 0 Å². The third-order valence-electron chi connectivity index (χ3n) is 16.5. The summed E-state index contributed by atoms with van der Waals surface area (Å²) in [7, 11) is 0. The minimum absolute atomic E-state index is 0.0182. The van der Waals surface area contributed by atoms with Crippen molar-refractivity contribution in [3.05, 3.63) is 24.3 Å². The monoisotopic (exact) mass is 1080 g/mol. The third kappa shape index (κ3) is 63.4. The molecule has 77 heavy (non-hydrogen) atoms. The van der Waals surface area contributed by atoms with Crippen LogP contribution in [0.3, 0.4) is 0 Å². The van der Waals surface area contributed by atoms with Crippen molar-refractivity contribution in [2.24, 2.45) is 0 Å². The molecule has 0 aromatic carbocycles. The Bertz CT molecular complexity index is 1200. The quantitative estimate of drug-likeness (QED) is 0.0320. The molecule has 0 saturated carbocycles. The van der Waals surface area contributed by atoms with E-state index in [1.54, 1.807) is 0 Å². The zero-order valence-corrected chi connectivity index (χ0v) is 52.2. The van der Waals surface area contributed by atoms with Crippen LogP contribution in [0.4, 0.5) is 0 Å². The molecule has 456 valence electrons. The lowest BCUT2D eigenvalue weighted by molar-refractivity contribution is -0.143. The van der Waals surface area contributed by atoms with Crippen LogP contribution in [0.25, 0.3) is 0 Å². The Morgan fingerprint density at radius 3 is 0.987 bits per heavy atom. The number of aliphatic hydroxyl groups is 2. The van der Waals surface area contributed by atoms with Gasteiger partial charge in [0.15, 0.2) is 0 Å². The van der Waals surface area contributed by atoms with Crippen molar-refractivity contribution < 1.29 is 24.5 Å². The van der Waals surface area contributed by atoms with E-state index in [0.717, 1.165) is 44.9 Å². The molecule has 0 aliphatic heterocycles. The molecule has 0 aromatic heterocycles. The molecule has 2 atom stereocenters. The number of hydrogen-bond acceptors (Lipinski definition) is 5. The molecule has 0 fully saturated rings. The van der Waals surface area contributed by atoms with E-state index in [0.29, 0.717) is 25.9 Å². The van der Waals surface area contributed by atoms with Crippen LogP contribution in [0.15, 0.2) is 24.3 Å². The number of carbonyl (C=O) groups excluding carboxylic acids is 2. The fourth-order valence-corrected chi connectivity index (χ4v) is 11.1. The SMILES string of the molecule is CCCCCCCCCCCCCCCCCCCCC(=O)OCCCCCCCCCCC/C=C\C/C=C\CCCCCCCCCCCCCCCCCC(=O)NC(CO)C(O)CCCCCCCCCCCCC. The number of ether oxygens (including phenoxy) is 1. The Balaban J connectivity index is 3.35. The molecule has 0 aliphatic carbocycles. The van der Waals surface area contributed by atoms with Crippen LogP contribution in [0.2, 0.25) is 0 Å². The number of unbranched alkanes of at least 4 members (excludes halogenated alkanes) is 51. The van der Waals surface area contributed by atoms with E-state index >= 15 is 0 Å². The van der Waals surface area contributed by atoms with E-state index in [1.165, 1.54) is 315 Å². The molecule has 1 amide bonds. The first-order valence-corrected chi connectivity index (χ1v) is 35.1. The summed E-state index contributed by atoms with van der Waals surface area (Å²) in [6.45, 7) is 4.98. The fraction of sp³-hybridized carbons (Fsp3) is 0.915. The lowest BCUT2D eigenvalue weighted by atomic mass is 10.0. The second kappa shape index (κ2) is 66.8. The Labute approximate surface area is 481 Å². The number of rotatable bonds is 66. The highest BCUT2D eigenvalue weighted by Gasteiger charge is 2.20. The van der Waals surface area contributed by atoms with E-state index in [9.17, 15) is 19.8 Å². The number of esters is 1. The van der Waals surface area contributed by atoms with Gasteiger partial charge < -0.3 is 20.3 Å². The van der Waals surface area contributed by atoms with Crippen LogP contribution in [0, 0.1) is 0 Å². The zero-order valence-electron chi connectivity index (χ0n) is 52.2. The molecule has 0 rings (SSSR count). The van der Waals surface area contributed by atoms with E-state index < -0.39 is 12.1 Å². The first-order valence-electron chi connectivity index (χ1n) is 35.1. The Hall–Kier alpha value is -1.66. The molecular formula is C71H137NO5. The molecule has 0 saturated heterocycles. The van der Waals surface area contributed by atoms with Gasteiger partial charge in [0.05, 0.1) is 25.4 Å². The largest absolute Gasteiger partial charge is 0.466 e. The van der Waals surface area contributed by atoms with Gasteiger partial charge in [-0.1, -0.05) is 346 Å². The summed E-state index contributed by atoms with van der Waals surface area (Å²) in [6, 6.07) is -0.539. The van der Waals surface area contributed by atoms with Gasteiger partial charge in [0.2, 0.25) is 5.91 Å². The highest BCUT2D eigenvalue weighted by molar-refractivity contribution is 5.76. The van der Waals surface area contributed by atoms with Crippen LogP contribution in [0.1, 0.15) is 393 Å². The minimum atomic E-state index is -0.662. The summed E-state index contributed by atoms with van der Waals surface area (Å²) >= 11 is 0. The van der Waals surface area contributed by atoms with Crippen molar-refractivity contribution in [1.82, 2.24) is 5.32 Å². The second-order valence-corrected chi connectivity index (χ2v) is 24.2. The summed E-state index contributed by atoms with van der Waals surface area (Å²) in [5.41, 5.74) is 0. The smallest absolute Gasteiger partial charge is 0.305 e. The molecule has 0 aliphatic rings. The first-order chi connectivity index (χ1) is 38.0. The average Bonchev–Trinajstić information content (AvgIpc) is 3.43. The van der Waals surface area contributed by atoms with Gasteiger partial charge in [-0.15, -0.1) is 0 Å². The Morgan fingerprint density at radius 2 is 0.649 bits per heavy atom. The predicted octanol–water partition coefficient (Wildman–Crippen LogP) is 22.5. The van der Waals surface area contributed by atoms with Crippen molar-refractivity contribution >= 4 is 11.9 Å². The summed E-state index contributed by atoms with van der Waals surface area (Å²) in [5.74, 6) is -0.0155. The molecule has 0 aromatic rings. The van der Waals surface area contributed by atoms with Gasteiger partial charge in [-0.2, -0.15) is 0 Å². The normalized spacial score (nSPS) is 12.6. The maximum Gasteiger partial charge on any atom is 0.305 e. The maximum absolute atomic E-state index is 12.5. The van der Waals surface area contributed by atoms with Gasteiger partial charge in [0.25, 0.3) is 0 Å². The topological polar surface area (TPSA) is 95.9 Å². The fourth-order valence-electron chi connectivity index (χ4n) is 11.1. The first kappa shape index (κ1) is 75.3. The van der Waals surface area contributed by atoms with E-state index in [2.05, 4.69) is 43.5 Å². The van der Waals surface area contributed by atoms with Gasteiger partial charge in [-0.05, 0) is 57.8 Å². The van der Waals surface area contributed by atoms with E-state index in [1.807, 2.05) is 0 Å². The lowest BCUT2D eigenvalue weighted by Crippen LogP contribution is -2.45. The Morgan fingerprint density at radius 1 is 0.364 bits per heavy atom. The van der Waals surface area contributed by atoms with Crippen molar-refractivity contribution in [2.75, 3.05) is 13.2 Å². The zero-order chi connectivity index (χ0) is 55.7. The minimum Gasteiger partial charge on any atom is -0.466 e. The molecule has 6 nitrogen and oxygen atoms in total. The predicted molar refractivity (Wildman–Crippen MR) is 338 cm³/mol. The molecule has 0 radical (unpaired) electrons. The van der Waals surface area contributed by atoms with E-state index in [-0.39, 0.29) is 18.5 Å². The number of amides is 1. The van der Waals surface area contributed by atoms with Crippen LogP contribution < -0.4 is 5.32 Å². The second-order valence-electron chi connectivity index (χ2n) is 24.2. The summed E-state index contributed by atoms with van der Waals surface area (Å²) in [5, 5.41) is 23.2. The van der Waals surface area contributed by atoms with Gasteiger partial charge >= 0.3 is 5.97 Å². The van der Waals surface area contributed by atoms with Crippen LogP contribution >= 0.6 is 0 Å². The Kier molecular flexibility index (Phi) is 65.4. The average molecular weight is 1080 g/mol.